The monoisotopic (exact) mass is 304 g/mol. The second-order valence-electron chi connectivity index (χ2n) is 5.98. The van der Waals surface area contributed by atoms with Crippen molar-refractivity contribution < 1.29 is 14.3 Å². The van der Waals surface area contributed by atoms with E-state index in [1.807, 2.05) is 12.1 Å². The summed E-state index contributed by atoms with van der Waals surface area (Å²) >= 11 is 0. The van der Waals surface area contributed by atoms with Gasteiger partial charge in [-0.25, -0.2) is 4.79 Å². The number of benzene rings is 1. The first-order valence-corrected chi connectivity index (χ1v) is 8.12. The van der Waals surface area contributed by atoms with Crippen LogP contribution in [-0.2, 0) is 22.3 Å². The van der Waals surface area contributed by atoms with Gasteiger partial charge in [0.05, 0.1) is 19.3 Å². The van der Waals surface area contributed by atoms with E-state index in [4.69, 9.17) is 9.47 Å². The maximum Gasteiger partial charge on any atom is 0.315 e. The van der Waals surface area contributed by atoms with Crippen molar-refractivity contribution in [3.63, 3.8) is 0 Å². The topological polar surface area (TPSA) is 59.6 Å². The highest BCUT2D eigenvalue weighted by Gasteiger charge is 2.22. The molecule has 3 rings (SSSR count). The molecule has 22 heavy (non-hydrogen) atoms. The van der Waals surface area contributed by atoms with Crippen LogP contribution in [0.1, 0.15) is 24.0 Å². The molecule has 0 bridgehead atoms. The molecule has 2 aliphatic rings. The van der Waals surface area contributed by atoms with Crippen molar-refractivity contribution >= 4 is 6.03 Å². The van der Waals surface area contributed by atoms with Gasteiger partial charge in [-0.2, -0.15) is 0 Å². The van der Waals surface area contributed by atoms with Crippen molar-refractivity contribution in [2.45, 2.75) is 37.8 Å². The Kier molecular flexibility index (Phi) is 5.29. The number of amides is 2. The largest absolute Gasteiger partial charge is 0.377 e. The van der Waals surface area contributed by atoms with Crippen LogP contribution in [0, 0.1) is 0 Å². The summed E-state index contributed by atoms with van der Waals surface area (Å²) in [5.41, 5.74) is 2.68. The average molecular weight is 304 g/mol. The van der Waals surface area contributed by atoms with Gasteiger partial charge in [-0.3, -0.25) is 0 Å². The first kappa shape index (κ1) is 15.3. The third-order valence-electron chi connectivity index (χ3n) is 4.25. The fraction of sp³-hybridized carbons (Fsp3) is 0.588. The second kappa shape index (κ2) is 7.61. The van der Waals surface area contributed by atoms with Gasteiger partial charge in [0.1, 0.15) is 0 Å². The van der Waals surface area contributed by atoms with Crippen LogP contribution in [0.5, 0.6) is 0 Å². The molecule has 1 aliphatic carbocycles. The maximum atomic E-state index is 11.9. The van der Waals surface area contributed by atoms with Gasteiger partial charge < -0.3 is 20.1 Å². The number of carbonyl (C=O) groups excluding carboxylic acids is 1. The van der Waals surface area contributed by atoms with E-state index in [1.54, 1.807) is 0 Å². The summed E-state index contributed by atoms with van der Waals surface area (Å²) in [7, 11) is 0. The molecule has 1 heterocycles. The van der Waals surface area contributed by atoms with Gasteiger partial charge in [0.2, 0.25) is 0 Å². The molecule has 2 amide bonds. The summed E-state index contributed by atoms with van der Waals surface area (Å²) in [6, 6.07) is 8.45. The van der Waals surface area contributed by atoms with Crippen molar-refractivity contribution in [1.82, 2.24) is 10.6 Å². The number of rotatable bonds is 6. The van der Waals surface area contributed by atoms with Gasteiger partial charge in [0, 0.05) is 19.2 Å². The third-order valence-corrected chi connectivity index (χ3v) is 4.25. The minimum absolute atomic E-state index is 0.112. The quantitative estimate of drug-likeness (QED) is 0.786. The first-order valence-electron chi connectivity index (χ1n) is 8.12. The van der Waals surface area contributed by atoms with Gasteiger partial charge in [0.25, 0.3) is 0 Å². The number of hydrogen-bond acceptors (Lipinski definition) is 3. The molecule has 1 saturated heterocycles. The molecule has 1 atom stereocenters. The lowest BCUT2D eigenvalue weighted by molar-refractivity contribution is 0.0188. The second-order valence-corrected chi connectivity index (χ2v) is 5.98. The Hall–Kier alpha value is -1.59. The molecule has 2 N–H and O–H groups in total. The Bertz CT molecular complexity index is 475. The van der Waals surface area contributed by atoms with E-state index < -0.39 is 0 Å². The zero-order chi connectivity index (χ0) is 15.2. The van der Waals surface area contributed by atoms with E-state index in [-0.39, 0.29) is 18.2 Å². The Labute approximate surface area is 131 Å². The molecule has 1 aromatic carbocycles. The van der Waals surface area contributed by atoms with Gasteiger partial charge in [-0.1, -0.05) is 24.3 Å². The molecule has 1 aromatic rings. The Morgan fingerprint density at radius 1 is 1.27 bits per heavy atom. The van der Waals surface area contributed by atoms with Crippen LogP contribution < -0.4 is 10.6 Å². The van der Waals surface area contributed by atoms with Crippen LogP contribution in [-0.4, -0.2) is 44.5 Å². The van der Waals surface area contributed by atoms with Crippen LogP contribution in [0.25, 0.3) is 0 Å². The summed E-state index contributed by atoms with van der Waals surface area (Å²) in [5.74, 6) is 0. The van der Waals surface area contributed by atoms with E-state index in [2.05, 4.69) is 22.8 Å². The SMILES string of the molecule is O=C(NCCOC[C@@H]1CCCO1)NC1Cc2ccccc2C1. The lowest BCUT2D eigenvalue weighted by Gasteiger charge is -2.14. The highest BCUT2D eigenvalue weighted by molar-refractivity contribution is 5.74. The number of ether oxygens (including phenoxy) is 2. The minimum atomic E-state index is -0.112. The van der Waals surface area contributed by atoms with E-state index in [0.29, 0.717) is 19.8 Å². The number of hydrogen-bond donors (Lipinski definition) is 2. The van der Waals surface area contributed by atoms with Crippen molar-refractivity contribution in [3.05, 3.63) is 35.4 Å². The van der Waals surface area contributed by atoms with Gasteiger partial charge >= 0.3 is 6.03 Å². The lowest BCUT2D eigenvalue weighted by Crippen LogP contribution is -2.43. The van der Waals surface area contributed by atoms with Crippen molar-refractivity contribution in [1.29, 1.82) is 0 Å². The number of urea groups is 1. The van der Waals surface area contributed by atoms with E-state index >= 15 is 0 Å². The molecular weight excluding hydrogens is 280 g/mol. The Balaban J connectivity index is 1.27. The highest BCUT2D eigenvalue weighted by Crippen LogP contribution is 2.21. The lowest BCUT2D eigenvalue weighted by atomic mass is 10.1. The average Bonchev–Trinajstić information content (AvgIpc) is 3.15. The van der Waals surface area contributed by atoms with Crippen LogP contribution >= 0.6 is 0 Å². The van der Waals surface area contributed by atoms with Crippen LogP contribution in [0.4, 0.5) is 4.79 Å². The van der Waals surface area contributed by atoms with Crippen LogP contribution in [0.15, 0.2) is 24.3 Å². The Morgan fingerprint density at radius 3 is 2.73 bits per heavy atom. The number of nitrogens with one attached hydrogen (secondary N) is 2. The van der Waals surface area contributed by atoms with Crippen LogP contribution in [0.2, 0.25) is 0 Å². The van der Waals surface area contributed by atoms with E-state index in [9.17, 15) is 4.79 Å². The Morgan fingerprint density at radius 2 is 2.05 bits per heavy atom. The minimum Gasteiger partial charge on any atom is -0.377 e. The molecule has 5 heteroatoms. The predicted octanol–water partition coefficient (Wildman–Crippen LogP) is 1.65. The standard InChI is InChI=1S/C17H24N2O3/c20-17(18-7-9-21-12-16-6-3-8-22-16)19-15-10-13-4-1-2-5-14(13)11-15/h1-2,4-5,15-16H,3,6-12H2,(H2,18,19,20)/t16-/m0/s1. The molecule has 1 aliphatic heterocycles. The van der Waals surface area contributed by atoms with Gasteiger partial charge in [0.15, 0.2) is 0 Å². The van der Waals surface area contributed by atoms with Crippen molar-refractivity contribution in [2.24, 2.45) is 0 Å². The molecule has 5 nitrogen and oxygen atoms in total. The smallest absolute Gasteiger partial charge is 0.315 e. The first-order chi connectivity index (χ1) is 10.8. The van der Waals surface area contributed by atoms with Crippen molar-refractivity contribution in [2.75, 3.05) is 26.4 Å². The number of fused-ring (bicyclic) bond motifs is 1. The summed E-state index contributed by atoms with van der Waals surface area (Å²) in [4.78, 5) is 11.9. The van der Waals surface area contributed by atoms with Crippen molar-refractivity contribution in [3.8, 4) is 0 Å². The summed E-state index contributed by atoms with van der Waals surface area (Å²) in [5, 5.41) is 5.87. The van der Waals surface area contributed by atoms with Gasteiger partial charge in [-0.05, 0) is 36.8 Å². The van der Waals surface area contributed by atoms with Crippen LogP contribution in [0.3, 0.4) is 0 Å². The molecule has 0 aromatic heterocycles. The maximum absolute atomic E-state index is 11.9. The molecule has 120 valence electrons. The highest BCUT2D eigenvalue weighted by atomic mass is 16.5. The normalized spacial score (nSPS) is 20.8. The molecule has 1 fully saturated rings. The fourth-order valence-electron chi connectivity index (χ4n) is 3.12. The molecule has 0 spiro atoms. The zero-order valence-electron chi connectivity index (χ0n) is 12.8. The van der Waals surface area contributed by atoms with E-state index in [0.717, 1.165) is 32.3 Å². The summed E-state index contributed by atoms with van der Waals surface area (Å²) in [6.07, 6.45) is 4.28. The summed E-state index contributed by atoms with van der Waals surface area (Å²) in [6.45, 7) is 2.52. The molecular formula is C17H24N2O3. The molecule has 0 radical (unpaired) electrons. The zero-order valence-corrected chi connectivity index (χ0v) is 12.8. The predicted molar refractivity (Wildman–Crippen MR) is 84.0 cm³/mol. The van der Waals surface area contributed by atoms with E-state index in [1.165, 1.54) is 11.1 Å². The number of carbonyl (C=O) groups is 1. The summed E-state index contributed by atoms with van der Waals surface area (Å²) < 4.78 is 11.0. The molecule has 0 saturated carbocycles. The molecule has 0 unspecified atom stereocenters. The third kappa shape index (κ3) is 4.21. The fourth-order valence-corrected chi connectivity index (χ4v) is 3.12. The van der Waals surface area contributed by atoms with Gasteiger partial charge in [-0.15, -0.1) is 0 Å².